The van der Waals surface area contributed by atoms with Gasteiger partial charge in [0.05, 0.1) is 5.92 Å². The van der Waals surface area contributed by atoms with Crippen LogP contribution in [0, 0.1) is 5.92 Å². The largest absolute Gasteiger partial charge is 0.481 e. The quantitative estimate of drug-likeness (QED) is 0.687. The highest BCUT2D eigenvalue weighted by atomic mass is 79.9. The van der Waals surface area contributed by atoms with Crippen LogP contribution in [-0.4, -0.2) is 35.5 Å². The van der Waals surface area contributed by atoms with Gasteiger partial charge in [0.15, 0.2) is 0 Å². The maximum Gasteiger partial charge on any atom is 0.306 e. The first kappa shape index (κ1) is 18.4. The lowest BCUT2D eigenvalue weighted by atomic mass is 9.86. The lowest BCUT2D eigenvalue weighted by Gasteiger charge is -2.26. The van der Waals surface area contributed by atoms with E-state index >= 15 is 0 Å². The fourth-order valence-corrected chi connectivity index (χ4v) is 3.04. The number of rotatable bonds is 6. The van der Waals surface area contributed by atoms with E-state index in [-0.39, 0.29) is 36.7 Å². The molecule has 1 aromatic rings. The van der Waals surface area contributed by atoms with Crippen molar-refractivity contribution in [1.29, 1.82) is 0 Å². The van der Waals surface area contributed by atoms with Gasteiger partial charge < -0.3 is 15.7 Å². The predicted molar refractivity (Wildman–Crippen MR) is 92.6 cm³/mol. The maximum atomic E-state index is 11.9. The SMILES string of the molecule is O=C(CCNC(=O)c1ccc(Br)cc1)NC1CCC(C(=O)O)CC1. The number of hydrogen-bond donors (Lipinski definition) is 3. The molecule has 0 bridgehead atoms. The molecule has 0 spiro atoms. The Hall–Kier alpha value is -1.89. The Bertz CT molecular complexity index is 595. The molecule has 0 atom stereocenters. The van der Waals surface area contributed by atoms with Gasteiger partial charge in [0.1, 0.15) is 0 Å². The average Bonchev–Trinajstić information content (AvgIpc) is 2.55. The number of nitrogens with one attached hydrogen (secondary N) is 2. The Morgan fingerprint density at radius 3 is 2.29 bits per heavy atom. The van der Waals surface area contributed by atoms with Crippen molar-refractivity contribution in [3.63, 3.8) is 0 Å². The zero-order valence-electron chi connectivity index (χ0n) is 13.3. The van der Waals surface area contributed by atoms with Crippen molar-refractivity contribution < 1.29 is 19.5 Å². The number of carboxylic acids is 1. The topological polar surface area (TPSA) is 95.5 Å². The molecule has 0 unspecified atom stereocenters. The third-order valence-corrected chi connectivity index (χ3v) is 4.71. The lowest BCUT2D eigenvalue weighted by molar-refractivity contribution is -0.142. The molecule has 2 rings (SSSR count). The van der Waals surface area contributed by atoms with Gasteiger partial charge in [0, 0.05) is 29.0 Å². The third kappa shape index (κ3) is 5.63. The van der Waals surface area contributed by atoms with Gasteiger partial charge in [0.25, 0.3) is 5.91 Å². The van der Waals surface area contributed by atoms with Crippen LogP contribution < -0.4 is 10.6 Å². The molecule has 0 aromatic heterocycles. The molecular weight excluding hydrogens is 376 g/mol. The first-order valence-corrected chi connectivity index (χ1v) is 8.81. The summed E-state index contributed by atoms with van der Waals surface area (Å²) in [6, 6.07) is 7.03. The van der Waals surface area contributed by atoms with Crippen molar-refractivity contribution in [2.75, 3.05) is 6.54 Å². The van der Waals surface area contributed by atoms with Crippen molar-refractivity contribution in [3.8, 4) is 0 Å². The zero-order valence-corrected chi connectivity index (χ0v) is 14.8. The highest BCUT2D eigenvalue weighted by Crippen LogP contribution is 2.24. The highest BCUT2D eigenvalue weighted by molar-refractivity contribution is 9.10. The van der Waals surface area contributed by atoms with E-state index in [0.29, 0.717) is 31.2 Å². The van der Waals surface area contributed by atoms with E-state index in [0.717, 1.165) is 4.47 Å². The molecule has 6 nitrogen and oxygen atoms in total. The summed E-state index contributed by atoms with van der Waals surface area (Å²) in [7, 11) is 0. The van der Waals surface area contributed by atoms with Crippen LogP contribution in [0.15, 0.2) is 28.7 Å². The molecule has 0 heterocycles. The first-order chi connectivity index (χ1) is 11.5. The van der Waals surface area contributed by atoms with E-state index in [2.05, 4.69) is 26.6 Å². The molecule has 24 heavy (non-hydrogen) atoms. The van der Waals surface area contributed by atoms with Gasteiger partial charge in [-0.15, -0.1) is 0 Å². The molecule has 1 saturated carbocycles. The fourth-order valence-electron chi connectivity index (χ4n) is 2.78. The molecule has 1 aliphatic carbocycles. The Labute approximate surface area is 149 Å². The second kappa shape index (κ2) is 8.82. The predicted octanol–water partition coefficient (Wildman–Crippen LogP) is 2.33. The van der Waals surface area contributed by atoms with Crippen LogP contribution in [0.25, 0.3) is 0 Å². The maximum absolute atomic E-state index is 11.9. The number of amides is 2. The monoisotopic (exact) mass is 396 g/mol. The van der Waals surface area contributed by atoms with Gasteiger partial charge >= 0.3 is 5.97 Å². The number of benzene rings is 1. The molecule has 3 N–H and O–H groups in total. The summed E-state index contributed by atoms with van der Waals surface area (Å²) in [5, 5.41) is 14.6. The number of aliphatic carboxylic acids is 1. The number of carbonyl (C=O) groups is 3. The summed E-state index contributed by atoms with van der Waals surface area (Å²) in [6.07, 6.45) is 2.78. The summed E-state index contributed by atoms with van der Waals surface area (Å²) in [5.41, 5.74) is 0.547. The summed E-state index contributed by atoms with van der Waals surface area (Å²) in [4.78, 5) is 34.7. The Kier molecular flexibility index (Phi) is 6.78. The van der Waals surface area contributed by atoms with Crippen LogP contribution >= 0.6 is 15.9 Å². The van der Waals surface area contributed by atoms with Crippen molar-refractivity contribution in [2.24, 2.45) is 5.92 Å². The standard InChI is InChI=1S/C17H21BrN2O4/c18-13-5-1-11(2-6-13)16(22)19-10-9-15(21)20-14-7-3-12(4-8-14)17(23)24/h1-2,5-6,12,14H,3-4,7-10H2,(H,19,22)(H,20,21)(H,23,24). The molecule has 7 heteroatoms. The fraction of sp³-hybridized carbons (Fsp3) is 0.471. The minimum Gasteiger partial charge on any atom is -0.481 e. The van der Waals surface area contributed by atoms with Gasteiger partial charge in [-0.2, -0.15) is 0 Å². The summed E-state index contributed by atoms with van der Waals surface area (Å²) >= 11 is 3.31. The summed E-state index contributed by atoms with van der Waals surface area (Å²) in [5.74, 6) is -1.37. The van der Waals surface area contributed by atoms with Gasteiger partial charge in [0.2, 0.25) is 5.91 Å². The molecule has 130 valence electrons. The molecule has 0 radical (unpaired) electrons. The van der Waals surface area contributed by atoms with Crippen LogP contribution in [0.4, 0.5) is 0 Å². The van der Waals surface area contributed by atoms with E-state index in [1.165, 1.54) is 0 Å². The van der Waals surface area contributed by atoms with Gasteiger partial charge in [-0.25, -0.2) is 0 Å². The third-order valence-electron chi connectivity index (χ3n) is 4.19. The highest BCUT2D eigenvalue weighted by Gasteiger charge is 2.26. The van der Waals surface area contributed by atoms with Crippen LogP contribution in [0.5, 0.6) is 0 Å². The Morgan fingerprint density at radius 2 is 1.71 bits per heavy atom. The molecule has 0 aliphatic heterocycles. The molecule has 1 fully saturated rings. The van der Waals surface area contributed by atoms with Gasteiger partial charge in [-0.05, 0) is 49.9 Å². The first-order valence-electron chi connectivity index (χ1n) is 8.01. The Balaban J connectivity index is 1.66. The van der Waals surface area contributed by atoms with Gasteiger partial charge in [-0.3, -0.25) is 14.4 Å². The second-order valence-electron chi connectivity index (χ2n) is 5.97. The van der Waals surface area contributed by atoms with Crippen molar-refractivity contribution >= 4 is 33.7 Å². The lowest BCUT2D eigenvalue weighted by Crippen LogP contribution is -2.40. The van der Waals surface area contributed by atoms with E-state index < -0.39 is 5.97 Å². The minimum atomic E-state index is -0.754. The smallest absolute Gasteiger partial charge is 0.306 e. The van der Waals surface area contributed by atoms with E-state index in [9.17, 15) is 14.4 Å². The Morgan fingerprint density at radius 1 is 1.08 bits per heavy atom. The average molecular weight is 397 g/mol. The van der Waals surface area contributed by atoms with Crippen LogP contribution in [0.2, 0.25) is 0 Å². The van der Waals surface area contributed by atoms with Crippen molar-refractivity contribution in [3.05, 3.63) is 34.3 Å². The molecule has 1 aliphatic rings. The number of carbonyl (C=O) groups excluding carboxylic acids is 2. The van der Waals surface area contributed by atoms with Crippen LogP contribution in [0.1, 0.15) is 42.5 Å². The second-order valence-corrected chi connectivity index (χ2v) is 6.88. The molecular formula is C17H21BrN2O4. The number of hydrogen-bond acceptors (Lipinski definition) is 3. The number of carboxylic acid groups (broad SMARTS) is 1. The van der Waals surface area contributed by atoms with Crippen LogP contribution in [0.3, 0.4) is 0 Å². The van der Waals surface area contributed by atoms with Crippen LogP contribution in [-0.2, 0) is 9.59 Å². The van der Waals surface area contributed by atoms with Gasteiger partial charge in [-0.1, -0.05) is 15.9 Å². The van der Waals surface area contributed by atoms with E-state index in [1.807, 2.05) is 0 Å². The minimum absolute atomic E-state index is 0.0373. The van der Waals surface area contributed by atoms with E-state index in [1.54, 1.807) is 24.3 Å². The summed E-state index contributed by atoms with van der Waals surface area (Å²) < 4.78 is 0.899. The normalized spacial score (nSPS) is 20.2. The van der Waals surface area contributed by atoms with Crippen molar-refractivity contribution in [2.45, 2.75) is 38.1 Å². The molecule has 1 aromatic carbocycles. The van der Waals surface area contributed by atoms with E-state index in [4.69, 9.17) is 5.11 Å². The van der Waals surface area contributed by atoms with Crippen molar-refractivity contribution in [1.82, 2.24) is 10.6 Å². The molecule has 0 saturated heterocycles. The molecule has 2 amide bonds. The number of halogens is 1. The zero-order chi connectivity index (χ0) is 17.5. The summed E-state index contributed by atoms with van der Waals surface area (Å²) in [6.45, 7) is 0.269.